The zero-order valence-electron chi connectivity index (χ0n) is 14.3. The Morgan fingerprint density at radius 3 is 2.62 bits per heavy atom. The van der Waals surface area contributed by atoms with E-state index in [1.165, 1.54) is 6.92 Å². The van der Waals surface area contributed by atoms with Gasteiger partial charge in [-0.25, -0.2) is 4.98 Å². The van der Waals surface area contributed by atoms with Gasteiger partial charge in [0.1, 0.15) is 18.1 Å². The molecule has 1 N–H and O–H groups in total. The van der Waals surface area contributed by atoms with Gasteiger partial charge in [0.2, 0.25) is 0 Å². The second-order valence-electron chi connectivity index (χ2n) is 6.01. The van der Waals surface area contributed by atoms with Gasteiger partial charge in [0.25, 0.3) is 0 Å². The monoisotopic (exact) mass is 343 g/mol. The quantitative estimate of drug-likeness (QED) is 0.545. The second kappa shape index (κ2) is 6.80. The van der Waals surface area contributed by atoms with E-state index >= 15 is 0 Å². The summed E-state index contributed by atoms with van der Waals surface area (Å²) >= 11 is 0. The Kier molecular flexibility index (Phi) is 4.19. The van der Waals surface area contributed by atoms with E-state index in [2.05, 4.69) is 15.2 Å². The van der Waals surface area contributed by atoms with Crippen LogP contribution in [0, 0.1) is 0 Å². The maximum atomic E-state index is 11.9. The van der Waals surface area contributed by atoms with Crippen LogP contribution in [-0.4, -0.2) is 21.0 Å². The number of carbonyl (C=O) groups is 1. The zero-order valence-corrected chi connectivity index (χ0v) is 14.3. The van der Waals surface area contributed by atoms with Gasteiger partial charge in [-0.2, -0.15) is 5.10 Å². The van der Waals surface area contributed by atoms with Crippen LogP contribution in [0.25, 0.3) is 22.2 Å². The Bertz CT molecular complexity index is 1070. The minimum absolute atomic E-state index is 0.0922. The molecule has 0 aliphatic heterocycles. The molecule has 26 heavy (non-hydrogen) atoms. The van der Waals surface area contributed by atoms with Gasteiger partial charge >= 0.3 is 0 Å². The molecule has 0 atom stereocenters. The number of hydrogen-bond donors (Lipinski definition) is 1. The molecule has 5 heteroatoms. The van der Waals surface area contributed by atoms with Crippen molar-refractivity contribution in [2.45, 2.75) is 13.5 Å². The fourth-order valence-electron chi connectivity index (χ4n) is 2.88. The van der Waals surface area contributed by atoms with Crippen molar-refractivity contribution in [3.8, 4) is 16.9 Å². The van der Waals surface area contributed by atoms with Crippen molar-refractivity contribution in [1.29, 1.82) is 0 Å². The van der Waals surface area contributed by atoms with E-state index in [1.807, 2.05) is 54.6 Å². The average molecular weight is 343 g/mol. The van der Waals surface area contributed by atoms with Crippen LogP contribution < -0.4 is 4.74 Å². The summed E-state index contributed by atoms with van der Waals surface area (Å²) in [7, 11) is 0. The molecule has 4 aromatic rings. The van der Waals surface area contributed by atoms with Gasteiger partial charge in [0.05, 0.1) is 6.20 Å². The van der Waals surface area contributed by atoms with E-state index in [0.29, 0.717) is 17.9 Å². The molecule has 4 rings (SSSR count). The molecule has 2 aromatic carbocycles. The van der Waals surface area contributed by atoms with E-state index in [4.69, 9.17) is 4.74 Å². The number of carbonyl (C=O) groups excluding carboxylic acids is 1. The van der Waals surface area contributed by atoms with Crippen LogP contribution in [0.4, 0.5) is 0 Å². The third kappa shape index (κ3) is 3.07. The molecule has 5 nitrogen and oxygen atoms in total. The van der Waals surface area contributed by atoms with E-state index < -0.39 is 0 Å². The van der Waals surface area contributed by atoms with Gasteiger partial charge in [-0.1, -0.05) is 48.5 Å². The molecule has 0 spiro atoms. The smallest absolute Gasteiger partial charge is 0.178 e. The molecule has 2 heterocycles. The molecule has 0 aliphatic carbocycles. The van der Waals surface area contributed by atoms with Gasteiger partial charge < -0.3 is 4.74 Å². The van der Waals surface area contributed by atoms with Gasteiger partial charge in [-0.15, -0.1) is 0 Å². The third-order valence-electron chi connectivity index (χ3n) is 4.20. The lowest BCUT2D eigenvalue weighted by Gasteiger charge is -2.13. The number of fused-ring (bicyclic) bond motifs is 1. The maximum Gasteiger partial charge on any atom is 0.178 e. The molecule has 2 aromatic heterocycles. The first-order valence-corrected chi connectivity index (χ1v) is 8.33. The Balaban J connectivity index is 1.78. The highest BCUT2D eigenvalue weighted by Gasteiger charge is 2.15. The molecule has 0 bridgehead atoms. The van der Waals surface area contributed by atoms with Crippen molar-refractivity contribution in [3.05, 3.63) is 78.1 Å². The molecule has 0 unspecified atom stereocenters. The lowest BCUT2D eigenvalue weighted by atomic mass is 10.0. The summed E-state index contributed by atoms with van der Waals surface area (Å²) in [5.74, 6) is 0.657. The van der Waals surface area contributed by atoms with Crippen molar-refractivity contribution in [2.24, 2.45) is 0 Å². The predicted octanol–water partition coefficient (Wildman–Crippen LogP) is 4.41. The Morgan fingerprint density at radius 2 is 1.81 bits per heavy atom. The normalized spacial score (nSPS) is 10.8. The summed E-state index contributed by atoms with van der Waals surface area (Å²) in [6.45, 7) is 1.98. The number of aromatic nitrogens is 3. The molecular weight excluding hydrogens is 326 g/mol. The molecule has 0 fully saturated rings. The number of nitrogens with zero attached hydrogens (tertiary/aromatic N) is 2. The number of ether oxygens (including phenoxy) is 1. The highest BCUT2D eigenvalue weighted by Crippen LogP contribution is 2.35. The first kappa shape index (κ1) is 16.0. The predicted molar refractivity (Wildman–Crippen MR) is 100 cm³/mol. The SMILES string of the molecule is CC(=O)c1cc(-c2ccccc2OCc2ccccc2)c2cn[nH]c2n1. The van der Waals surface area contributed by atoms with Gasteiger partial charge in [-0.3, -0.25) is 9.89 Å². The number of para-hydroxylation sites is 1. The first-order valence-electron chi connectivity index (χ1n) is 8.33. The number of Topliss-reactive ketones (excluding diaryl/α,β-unsaturated/α-hetero) is 1. The van der Waals surface area contributed by atoms with Gasteiger partial charge in [0, 0.05) is 23.4 Å². The number of pyridine rings is 1. The third-order valence-corrected chi connectivity index (χ3v) is 4.20. The molecule has 0 radical (unpaired) electrons. The standard InChI is InChI=1S/C21H17N3O2/c1-14(25)19-11-17(18-12-22-24-21(18)23-19)16-9-5-6-10-20(16)26-13-15-7-3-2-4-8-15/h2-12H,13H2,1H3,(H,22,23,24). The number of rotatable bonds is 5. The number of benzene rings is 2. The number of H-pyrrole nitrogens is 1. The number of aromatic amines is 1. The van der Waals surface area contributed by atoms with Crippen LogP contribution in [0.1, 0.15) is 23.0 Å². The number of hydrogen-bond acceptors (Lipinski definition) is 4. The van der Waals surface area contributed by atoms with E-state index in [0.717, 1.165) is 27.8 Å². The van der Waals surface area contributed by atoms with Crippen LogP contribution in [0.2, 0.25) is 0 Å². The van der Waals surface area contributed by atoms with Crippen molar-refractivity contribution in [3.63, 3.8) is 0 Å². The Hall–Kier alpha value is -3.47. The zero-order chi connectivity index (χ0) is 17.9. The number of nitrogens with one attached hydrogen (secondary N) is 1. The summed E-state index contributed by atoms with van der Waals surface area (Å²) in [6, 6.07) is 19.6. The van der Waals surface area contributed by atoms with Crippen molar-refractivity contribution in [2.75, 3.05) is 0 Å². The Morgan fingerprint density at radius 1 is 1.04 bits per heavy atom. The highest BCUT2D eigenvalue weighted by atomic mass is 16.5. The molecule has 0 amide bonds. The van der Waals surface area contributed by atoms with E-state index in [1.54, 1.807) is 12.3 Å². The largest absolute Gasteiger partial charge is 0.488 e. The summed E-state index contributed by atoms with van der Waals surface area (Å²) in [5, 5.41) is 7.77. The van der Waals surface area contributed by atoms with Crippen LogP contribution >= 0.6 is 0 Å². The highest BCUT2D eigenvalue weighted by molar-refractivity contribution is 6.00. The number of ketones is 1. The Labute approximate surface area is 150 Å². The lowest BCUT2D eigenvalue weighted by Crippen LogP contribution is -2.00. The van der Waals surface area contributed by atoms with E-state index in [9.17, 15) is 4.79 Å². The maximum absolute atomic E-state index is 11.9. The second-order valence-corrected chi connectivity index (χ2v) is 6.01. The molecule has 128 valence electrons. The topological polar surface area (TPSA) is 67.9 Å². The minimum atomic E-state index is -0.0922. The lowest BCUT2D eigenvalue weighted by molar-refractivity contribution is 0.101. The summed E-state index contributed by atoms with van der Waals surface area (Å²) in [4.78, 5) is 16.2. The molecular formula is C21H17N3O2. The van der Waals surface area contributed by atoms with Crippen molar-refractivity contribution >= 4 is 16.8 Å². The fourth-order valence-corrected chi connectivity index (χ4v) is 2.88. The minimum Gasteiger partial charge on any atom is -0.488 e. The van der Waals surface area contributed by atoms with Crippen LogP contribution in [0.15, 0.2) is 66.9 Å². The van der Waals surface area contributed by atoms with Crippen LogP contribution in [0.3, 0.4) is 0 Å². The fraction of sp³-hybridized carbons (Fsp3) is 0.0952. The molecule has 0 saturated heterocycles. The molecule has 0 aliphatic rings. The first-order chi connectivity index (χ1) is 12.7. The molecule has 0 saturated carbocycles. The van der Waals surface area contributed by atoms with Crippen LogP contribution in [0.5, 0.6) is 5.75 Å². The summed E-state index contributed by atoms with van der Waals surface area (Å²) < 4.78 is 6.07. The van der Waals surface area contributed by atoms with Crippen molar-refractivity contribution < 1.29 is 9.53 Å². The van der Waals surface area contributed by atoms with Crippen LogP contribution in [-0.2, 0) is 6.61 Å². The van der Waals surface area contributed by atoms with Crippen molar-refractivity contribution in [1.82, 2.24) is 15.2 Å². The summed E-state index contributed by atoms with van der Waals surface area (Å²) in [5.41, 5.74) is 3.85. The van der Waals surface area contributed by atoms with E-state index in [-0.39, 0.29) is 5.78 Å². The summed E-state index contributed by atoms with van der Waals surface area (Å²) in [6.07, 6.45) is 1.72. The van der Waals surface area contributed by atoms with Gasteiger partial charge in [-0.05, 0) is 17.7 Å². The van der Waals surface area contributed by atoms with Gasteiger partial charge in [0.15, 0.2) is 11.4 Å². The average Bonchev–Trinajstić information content (AvgIpc) is 3.15.